The number of piperidine rings is 2. The van der Waals surface area contributed by atoms with E-state index in [4.69, 9.17) is 0 Å². The minimum Gasteiger partial charge on any atom is -0.364 e. The first kappa shape index (κ1) is 15.4. The van der Waals surface area contributed by atoms with Crippen LogP contribution in [0.1, 0.15) is 50.2 Å². The average Bonchev–Trinajstić information content (AvgIpc) is 2.38. The molecule has 2 atom stereocenters. The molecule has 0 spiro atoms. The highest BCUT2D eigenvalue weighted by Gasteiger charge is 2.39. The quantitative estimate of drug-likeness (QED) is 0.858. The lowest BCUT2D eigenvalue weighted by molar-refractivity contribution is 0.247. The van der Waals surface area contributed by atoms with Gasteiger partial charge >= 0.3 is 0 Å². The maximum Gasteiger partial charge on any atom is 0.0545 e. The Morgan fingerprint density at radius 2 is 1.86 bits per heavy atom. The van der Waals surface area contributed by atoms with Crippen LogP contribution in [0.4, 0.5) is 5.69 Å². The molecule has 3 rings (SSSR count). The van der Waals surface area contributed by atoms with Crippen molar-refractivity contribution in [1.82, 2.24) is 5.32 Å². The van der Waals surface area contributed by atoms with Crippen molar-refractivity contribution in [2.45, 2.75) is 71.0 Å². The Morgan fingerprint density at radius 1 is 1.19 bits per heavy atom. The molecule has 2 fully saturated rings. The number of anilines is 1. The van der Waals surface area contributed by atoms with Crippen LogP contribution in [0.3, 0.4) is 0 Å². The number of rotatable bonds is 3. The van der Waals surface area contributed by atoms with Crippen molar-refractivity contribution in [2.75, 3.05) is 11.4 Å². The minimum atomic E-state index is 0.708. The molecule has 2 nitrogen and oxygen atoms in total. The molecule has 1 N–H and O–H groups in total. The first-order valence-corrected chi connectivity index (χ1v) is 9.18. The predicted octanol–water partition coefficient (Wildman–Crippen LogP) is 4.57. The topological polar surface area (TPSA) is 15.3 Å². The Labute approximate surface area is 137 Å². The van der Waals surface area contributed by atoms with E-state index in [1.807, 2.05) is 0 Å². The zero-order valence-electron chi connectivity index (χ0n) is 13.5. The summed E-state index contributed by atoms with van der Waals surface area (Å²) in [6, 6.07) is 6.73. The predicted molar refractivity (Wildman–Crippen MR) is 94.2 cm³/mol. The van der Waals surface area contributed by atoms with E-state index < -0.39 is 0 Å². The zero-order valence-corrected chi connectivity index (χ0v) is 15.0. The molecule has 1 aromatic rings. The highest BCUT2D eigenvalue weighted by atomic mass is 79.9. The second-order valence-corrected chi connectivity index (χ2v) is 7.64. The summed E-state index contributed by atoms with van der Waals surface area (Å²) in [5.74, 6) is 0. The Hall–Kier alpha value is -0.540. The smallest absolute Gasteiger partial charge is 0.0545 e. The van der Waals surface area contributed by atoms with Crippen molar-refractivity contribution >= 4 is 21.6 Å². The highest BCUT2D eigenvalue weighted by Crippen LogP contribution is 2.42. The third kappa shape index (κ3) is 3.00. The Bertz CT molecular complexity index is 477. The summed E-state index contributed by atoms with van der Waals surface area (Å²) in [4.78, 5) is 2.75. The zero-order chi connectivity index (χ0) is 15.0. The Kier molecular flexibility index (Phi) is 4.60. The van der Waals surface area contributed by atoms with Crippen molar-refractivity contribution in [3.8, 4) is 0 Å². The van der Waals surface area contributed by atoms with Gasteiger partial charge in [0, 0.05) is 22.6 Å². The van der Waals surface area contributed by atoms with Gasteiger partial charge in [-0.1, -0.05) is 13.0 Å². The molecule has 1 aromatic carbocycles. The lowest BCUT2D eigenvalue weighted by atomic mass is 9.81. The van der Waals surface area contributed by atoms with Crippen LogP contribution in [-0.2, 0) is 0 Å². The van der Waals surface area contributed by atoms with Gasteiger partial charge in [-0.25, -0.2) is 0 Å². The third-order valence-electron chi connectivity index (χ3n) is 5.12. The number of aryl methyl sites for hydroxylation is 2. The van der Waals surface area contributed by atoms with E-state index in [0.29, 0.717) is 18.1 Å². The molecule has 21 heavy (non-hydrogen) atoms. The van der Waals surface area contributed by atoms with Crippen LogP contribution in [0.15, 0.2) is 16.6 Å². The van der Waals surface area contributed by atoms with Gasteiger partial charge in [-0.15, -0.1) is 0 Å². The van der Waals surface area contributed by atoms with Crippen LogP contribution < -0.4 is 10.2 Å². The van der Waals surface area contributed by atoms with E-state index in [9.17, 15) is 0 Å². The van der Waals surface area contributed by atoms with E-state index in [2.05, 4.69) is 59.1 Å². The summed E-state index contributed by atoms with van der Waals surface area (Å²) in [6.07, 6.45) is 6.68. The van der Waals surface area contributed by atoms with Crippen LogP contribution in [0.25, 0.3) is 0 Å². The molecule has 3 heteroatoms. The second kappa shape index (κ2) is 6.29. The molecule has 2 saturated heterocycles. The molecular formula is C18H27BrN2. The number of hydrogen-bond donors (Lipinski definition) is 1. The second-order valence-electron chi connectivity index (χ2n) is 6.78. The van der Waals surface area contributed by atoms with E-state index in [1.165, 1.54) is 53.4 Å². The number of benzene rings is 1. The Morgan fingerprint density at radius 3 is 2.43 bits per heavy atom. The molecule has 2 unspecified atom stereocenters. The molecule has 0 aliphatic carbocycles. The first-order valence-electron chi connectivity index (χ1n) is 8.38. The largest absolute Gasteiger partial charge is 0.364 e. The van der Waals surface area contributed by atoms with E-state index in [0.717, 1.165) is 6.54 Å². The van der Waals surface area contributed by atoms with Crippen molar-refractivity contribution in [2.24, 2.45) is 0 Å². The third-order valence-corrected chi connectivity index (χ3v) is 5.73. The number of fused-ring (bicyclic) bond motifs is 2. The molecule has 0 radical (unpaired) electrons. The fourth-order valence-corrected chi connectivity index (χ4v) is 5.32. The number of nitrogens with zero attached hydrogens (tertiary/aromatic N) is 1. The van der Waals surface area contributed by atoms with Crippen LogP contribution >= 0.6 is 15.9 Å². The standard InChI is InChI=1S/C18H27BrN2/c1-4-20-14-10-15-6-5-7-16(11-14)21(15)18-13(3)8-12(2)9-17(18)19/h8-9,14-16,20H,4-7,10-11H2,1-3H3. The number of halogens is 1. The lowest BCUT2D eigenvalue weighted by Crippen LogP contribution is -2.56. The summed E-state index contributed by atoms with van der Waals surface area (Å²) >= 11 is 3.83. The Balaban J connectivity index is 1.92. The van der Waals surface area contributed by atoms with Gasteiger partial charge in [-0.3, -0.25) is 0 Å². The molecule has 116 valence electrons. The van der Waals surface area contributed by atoms with Gasteiger partial charge in [-0.05, 0) is 85.6 Å². The van der Waals surface area contributed by atoms with Gasteiger partial charge in [-0.2, -0.15) is 0 Å². The molecule has 0 saturated carbocycles. The van der Waals surface area contributed by atoms with Gasteiger partial charge in [0.15, 0.2) is 0 Å². The van der Waals surface area contributed by atoms with Crippen LogP contribution in [-0.4, -0.2) is 24.7 Å². The first-order chi connectivity index (χ1) is 10.1. The van der Waals surface area contributed by atoms with E-state index >= 15 is 0 Å². The van der Waals surface area contributed by atoms with Crippen LogP contribution in [0, 0.1) is 13.8 Å². The number of hydrogen-bond acceptors (Lipinski definition) is 2. The molecule has 0 amide bonds. The van der Waals surface area contributed by atoms with Gasteiger partial charge in [0.1, 0.15) is 0 Å². The average molecular weight is 351 g/mol. The van der Waals surface area contributed by atoms with Crippen molar-refractivity contribution < 1.29 is 0 Å². The highest BCUT2D eigenvalue weighted by molar-refractivity contribution is 9.10. The van der Waals surface area contributed by atoms with E-state index in [1.54, 1.807) is 0 Å². The van der Waals surface area contributed by atoms with Crippen molar-refractivity contribution in [3.05, 3.63) is 27.7 Å². The molecular weight excluding hydrogens is 324 g/mol. The normalized spacial score (nSPS) is 28.8. The van der Waals surface area contributed by atoms with Crippen molar-refractivity contribution in [1.29, 1.82) is 0 Å². The van der Waals surface area contributed by atoms with Gasteiger partial charge < -0.3 is 10.2 Å². The summed E-state index contributed by atoms with van der Waals surface area (Å²) in [6.45, 7) is 7.76. The maximum atomic E-state index is 3.83. The van der Waals surface area contributed by atoms with Gasteiger partial charge in [0.05, 0.1) is 5.69 Å². The monoisotopic (exact) mass is 350 g/mol. The van der Waals surface area contributed by atoms with Crippen LogP contribution in [0.5, 0.6) is 0 Å². The molecule has 0 aromatic heterocycles. The number of nitrogens with one attached hydrogen (secondary N) is 1. The maximum absolute atomic E-state index is 3.83. The fourth-order valence-electron chi connectivity index (χ4n) is 4.44. The SMILES string of the molecule is CCNC1CC2CCCC(C1)N2c1c(C)cc(C)cc1Br. The fraction of sp³-hybridized carbons (Fsp3) is 0.667. The summed E-state index contributed by atoms with van der Waals surface area (Å²) in [5.41, 5.74) is 4.21. The molecule has 2 bridgehead atoms. The molecule has 2 aliphatic heterocycles. The van der Waals surface area contributed by atoms with Gasteiger partial charge in [0.2, 0.25) is 0 Å². The minimum absolute atomic E-state index is 0.708. The van der Waals surface area contributed by atoms with Gasteiger partial charge in [0.25, 0.3) is 0 Å². The van der Waals surface area contributed by atoms with E-state index in [-0.39, 0.29) is 0 Å². The summed E-state index contributed by atoms with van der Waals surface area (Å²) in [5, 5.41) is 3.69. The lowest BCUT2D eigenvalue weighted by Gasteiger charge is -2.51. The summed E-state index contributed by atoms with van der Waals surface area (Å²) < 4.78 is 1.28. The molecule has 2 aliphatic rings. The summed E-state index contributed by atoms with van der Waals surface area (Å²) in [7, 11) is 0. The van der Waals surface area contributed by atoms with Crippen LogP contribution in [0.2, 0.25) is 0 Å². The van der Waals surface area contributed by atoms with Crippen molar-refractivity contribution in [3.63, 3.8) is 0 Å². The molecule has 2 heterocycles.